The molecule has 0 saturated carbocycles. The van der Waals surface area contributed by atoms with Gasteiger partial charge in [-0.2, -0.15) is 0 Å². The highest BCUT2D eigenvalue weighted by Gasteiger charge is 2.25. The van der Waals surface area contributed by atoms with E-state index in [1.165, 1.54) is 36.7 Å². The number of imidazole rings is 3. The molecule has 15 rings (SSSR count). The van der Waals surface area contributed by atoms with Gasteiger partial charge in [0, 0.05) is 187 Å². The lowest BCUT2D eigenvalue weighted by Gasteiger charge is -2.34. The summed E-state index contributed by atoms with van der Waals surface area (Å²) < 4.78 is 45.5. The number of aromatic nitrogens is 15. The molecule has 0 spiro atoms. The number of pyridine rings is 3. The number of piperazine rings is 2. The number of aromatic amines is 3. The van der Waals surface area contributed by atoms with Crippen LogP contribution in [0.5, 0.6) is 6.01 Å². The maximum absolute atomic E-state index is 14.7. The largest absolute Gasteiger partial charge is 0.462 e. The van der Waals surface area contributed by atoms with Crippen LogP contribution in [0.2, 0.25) is 0 Å². The minimum Gasteiger partial charge on any atom is -0.462 e. The molecular formula is C77H85F2N25O7. The van der Waals surface area contributed by atoms with Gasteiger partial charge in [0.25, 0.3) is 0 Å². The summed E-state index contributed by atoms with van der Waals surface area (Å²) in [5, 5.41) is 13.3. The number of amides is 6. The van der Waals surface area contributed by atoms with Gasteiger partial charge in [0.05, 0.1) is 48.6 Å². The van der Waals surface area contributed by atoms with Gasteiger partial charge in [-0.15, -0.1) is 0 Å². The van der Waals surface area contributed by atoms with Crippen LogP contribution < -0.4 is 31.3 Å². The van der Waals surface area contributed by atoms with Gasteiger partial charge in [0.1, 0.15) is 52.0 Å². The summed E-state index contributed by atoms with van der Waals surface area (Å²) in [4.78, 5) is 122. The third kappa shape index (κ3) is 19.7. The zero-order valence-electron chi connectivity index (χ0n) is 62.1. The van der Waals surface area contributed by atoms with E-state index in [0.29, 0.717) is 113 Å². The third-order valence-corrected chi connectivity index (χ3v) is 18.5. The first-order valence-electron chi connectivity index (χ1n) is 36.7. The van der Waals surface area contributed by atoms with Crippen molar-refractivity contribution in [1.82, 2.24) is 110 Å². The zero-order chi connectivity index (χ0) is 77.2. The van der Waals surface area contributed by atoms with E-state index >= 15 is 0 Å². The minimum absolute atomic E-state index is 0.137. The second-order valence-corrected chi connectivity index (χ2v) is 26.1. The summed E-state index contributed by atoms with van der Waals surface area (Å²) in [6, 6.07) is 22.4. The van der Waals surface area contributed by atoms with Crippen molar-refractivity contribution in [3.05, 3.63) is 158 Å². The maximum atomic E-state index is 14.7. The number of ether oxygens (including phenoxy) is 3. The van der Waals surface area contributed by atoms with Crippen LogP contribution in [-0.4, -0.2) is 242 Å². The predicted molar refractivity (Wildman–Crippen MR) is 415 cm³/mol. The zero-order valence-corrected chi connectivity index (χ0v) is 62.1. The van der Waals surface area contributed by atoms with Gasteiger partial charge < -0.3 is 49.6 Å². The number of likely N-dealkylation sites (N-methyl/N-ethyl adjacent to an activating group) is 1. The number of nitrogens with one attached hydrogen (secondary N) is 8. The molecule has 3 aromatic carbocycles. The van der Waals surface area contributed by atoms with Gasteiger partial charge >= 0.3 is 24.2 Å². The number of H-pyrrole nitrogens is 3. The molecule has 574 valence electrons. The van der Waals surface area contributed by atoms with Gasteiger partial charge in [0.15, 0.2) is 5.82 Å². The van der Waals surface area contributed by atoms with Crippen LogP contribution in [0.25, 0.3) is 100 Å². The van der Waals surface area contributed by atoms with Crippen LogP contribution in [-0.2, 0) is 27.4 Å². The lowest BCUT2D eigenvalue weighted by Crippen LogP contribution is -2.48. The number of halogens is 2. The molecule has 12 aromatic rings. The topological polar surface area (TPSA) is 374 Å². The lowest BCUT2D eigenvalue weighted by molar-refractivity contribution is -0.132. The Morgan fingerprint density at radius 3 is 1.52 bits per heavy atom. The lowest BCUT2D eigenvalue weighted by atomic mass is 10.0. The number of benzene rings is 3. The molecule has 111 heavy (non-hydrogen) atoms. The normalized spacial score (nSPS) is 14.2. The van der Waals surface area contributed by atoms with Crippen molar-refractivity contribution in [1.29, 1.82) is 0 Å². The van der Waals surface area contributed by atoms with Crippen LogP contribution in [0.3, 0.4) is 0 Å². The van der Waals surface area contributed by atoms with Gasteiger partial charge in [0.2, 0.25) is 23.8 Å². The van der Waals surface area contributed by atoms with Crippen molar-refractivity contribution in [2.75, 3.05) is 135 Å². The van der Waals surface area contributed by atoms with Crippen LogP contribution in [0, 0.1) is 11.6 Å². The molecule has 0 unspecified atom stereocenters. The number of hydrogen-bond donors (Lipinski definition) is 8. The van der Waals surface area contributed by atoms with Crippen molar-refractivity contribution in [2.24, 2.45) is 0 Å². The molecular weight excluding hydrogens is 1430 g/mol. The highest BCUT2D eigenvalue weighted by atomic mass is 19.1. The van der Waals surface area contributed by atoms with Crippen LogP contribution in [0.1, 0.15) is 45.6 Å². The molecule has 3 aliphatic rings. The SMILES string of the molecule is CCNC(=O)Nc1nc2c(-c3ncccc3F)cc(-c3cnc(CN4CCOCC4)nc3)cc2[nH]1.CCNC(=O)Nc1nc2c(-c3ncccn3)cc(-c3ccc(CN4CCN(C(=O)CC)CC4)nc3)cc2[nH]1.CCOC(=O)Nc1nc2c(-c3ncccc3F)cc(-c3cnc(OCCN4CCN(C)CC4)nc3)cc2[nH]1. The number of morpholine rings is 1. The smallest absolute Gasteiger partial charge is 0.413 e. The third-order valence-electron chi connectivity index (χ3n) is 18.5. The molecule has 3 saturated heterocycles. The molecule has 0 radical (unpaired) electrons. The monoisotopic (exact) mass is 1510 g/mol. The Labute approximate surface area is 637 Å². The molecule has 3 fully saturated rings. The Kier molecular flexibility index (Phi) is 25.3. The molecule has 9 aromatic heterocycles. The van der Waals surface area contributed by atoms with E-state index in [4.69, 9.17) is 19.2 Å². The fourth-order valence-corrected chi connectivity index (χ4v) is 12.8. The highest BCUT2D eigenvalue weighted by Crippen LogP contribution is 2.37. The van der Waals surface area contributed by atoms with E-state index in [1.807, 2.05) is 68.3 Å². The standard InChI is InChI=1S/C27H31N9O2.C26H29FN8O3.C24H25FN8O2/c1-3-23(37)36-12-10-35(11-13-36)17-20-7-6-18(16-31-20)19-14-21(25-29-8-5-9-30-25)24-22(15-19)32-26(33-24)34-27(38)28-4-2;1-3-37-26(36)33-24-31-21-14-17(13-19(23(21)32-24)22-20(27)5-4-6-28-22)18-15-29-25(30-16-18)38-12-11-35-9-7-34(2)8-10-35;1-2-26-24(34)32-23-30-19-11-15(10-17(22(19)31-23)21-18(25)4-3-5-27-21)16-12-28-20(29-13-16)14-33-6-8-35-9-7-33/h5-9,14-16H,3-4,10-13,17H2,1-2H3,(H3,28,32,33,34,38);4-6,13-16H,3,7-12H2,1-2H3,(H2,31,32,33,36);3-5,10-13H,2,6-9,14H2,1H3,(H3,26,30,31,32,34). The van der Waals surface area contributed by atoms with Crippen LogP contribution in [0.4, 0.5) is 41.0 Å². The second-order valence-electron chi connectivity index (χ2n) is 26.1. The van der Waals surface area contributed by atoms with Crippen molar-refractivity contribution in [3.8, 4) is 73.3 Å². The molecule has 8 N–H and O–H groups in total. The van der Waals surface area contributed by atoms with Crippen LogP contribution in [0.15, 0.2) is 135 Å². The number of fused-ring (bicyclic) bond motifs is 3. The molecule has 6 amide bonds. The van der Waals surface area contributed by atoms with E-state index in [1.54, 1.807) is 56.2 Å². The van der Waals surface area contributed by atoms with E-state index in [2.05, 4.69) is 129 Å². The van der Waals surface area contributed by atoms with Crippen molar-refractivity contribution in [3.63, 3.8) is 0 Å². The number of anilines is 3. The van der Waals surface area contributed by atoms with E-state index in [0.717, 1.165) is 123 Å². The number of rotatable bonds is 21. The predicted octanol–water partition coefficient (Wildman–Crippen LogP) is 9.89. The first-order chi connectivity index (χ1) is 54.1. The second kappa shape index (κ2) is 36.6. The fraction of sp³-hybridized carbons (Fsp3) is 0.325. The van der Waals surface area contributed by atoms with Crippen molar-refractivity contribution >= 4 is 75.0 Å². The first-order valence-corrected chi connectivity index (χ1v) is 36.7. The Morgan fingerprint density at radius 2 is 1.00 bits per heavy atom. The Balaban J connectivity index is 0.000000146. The number of urea groups is 2. The summed E-state index contributed by atoms with van der Waals surface area (Å²) in [5.74, 6) is 1.29. The highest BCUT2D eigenvalue weighted by molar-refractivity contribution is 6.00. The molecule has 34 heteroatoms. The van der Waals surface area contributed by atoms with Gasteiger partial charge in [-0.1, -0.05) is 13.0 Å². The number of carbonyl (C=O) groups excluding carboxylic acids is 4. The Hall–Kier alpha value is -12.5. The van der Waals surface area contributed by atoms with Crippen molar-refractivity contribution < 1.29 is 42.2 Å². The summed E-state index contributed by atoms with van der Waals surface area (Å²) in [6.45, 7) is 21.7. The average molecular weight is 1510 g/mol. The van der Waals surface area contributed by atoms with Crippen molar-refractivity contribution in [2.45, 2.75) is 47.2 Å². The molecule has 0 bridgehead atoms. The number of carbonyl (C=O) groups is 4. The van der Waals surface area contributed by atoms with E-state index in [9.17, 15) is 28.0 Å². The molecule has 3 aliphatic heterocycles. The molecule has 32 nitrogen and oxygen atoms in total. The summed E-state index contributed by atoms with van der Waals surface area (Å²) in [7, 11) is 2.13. The van der Waals surface area contributed by atoms with Gasteiger partial charge in [-0.05, 0) is 117 Å². The summed E-state index contributed by atoms with van der Waals surface area (Å²) >= 11 is 0. The number of hydrogen-bond acceptors (Lipinski definition) is 23. The number of nitrogens with zero attached hydrogens (tertiary/aromatic N) is 17. The maximum Gasteiger partial charge on any atom is 0.413 e. The molecule has 12 heterocycles. The molecule has 0 atom stereocenters. The first kappa shape index (κ1) is 76.7. The molecule has 0 aliphatic carbocycles. The summed E-state index contributed by atoms with van der Waals surface area (Å²) in [5.41, 5.74) is 11.3. The van der Waals surface area contributed by atoms with E-state index in [-0.39, 0.29) is 47.9 Å². The average Bonchev–Trinajstić information content (AvgIpc) is 1.69. The Morgan fingerprint density at radius 1 is 0.505 bits per heavy atom. The fourth-order valence-electron chi connectivity index (χ4n) is 12.8. The quantitative estimate of drug-likeness (QED) is 0.0331. The Bertz CT molecular complexity index is 5170. The summed E-state index contributed by atoms with van der Waals surface area (Å²) in [6.07, 6.45) is 15.0. The van der Waals surface area contributed by atoms with Crippen LogP contribution >= 0.6 is 0 Å². The van der Waals surface area contributed by atoms with E-state index < -0.39 is 17.7 Å². The van der Waals surface area contributed by atoms with Gasteiger partial charge in [-0.25, -0.2) is 68.0 Å². The van der Waals surface area contributed by atoms with Gasteiger partial charge in [-0.3, -0.25) is 50.4 Å². The minimum atomic E-state index is -0.644.